The van der Waals surface area contributed by atoms with E-state index in [-0.39, 0.29) is 12.0 Å². The van der Waals surface area contributed by atoms with Crippen molar-refractivity contribution >= 4 is 5.97 Å². The van der Waals surface area contributed by atoms with Gasteiger partial charge in [0, 0.05) is 12.1 Å². The fourth-order valence-corrected chi connectivity index (χ4v) is 2.13. The van der Waals surface area contributed by atoms with Gasteiger partial charge in [0.1, 0.15) is 12.2 Å². The van der Waals surface area contributed by atoms with Crippen LogP contribution in [0.4, 0.5) is 0 Å². The van der Waals surface area contributed by atoms with Crippen molar-refractivity contribution in [2.45, 2.75) is 52.2 Å². The quantitative estimate of drug-likeness (QED) is 0.698. The van der Waals surface area contributed by atoms with Crippen molar-refractivity contribution in [3.63, 3.8) is 0 Å². The molecule has 0 atom stereocenters. The largest absolute Gasteiger partial charge is 0.465 e. The Morgan fingerprint density at radius 3 is 2.89 bits per heavy atom. The Kier molecular flexibility index (Phi) is 4.52. The summed E-state index contributed by atoms with van der Waals surface area (Å²) in [5, 5.41) is 4.23. The van der Waals surface area contributed by atoms with Crippen LogP contribution < -0.4 is 0 Å². The highest BCUT2D eigenvalue weighted by atomic mass is 16.5. The third kappa shape index (κ3) is 3.76. The van der Waals surface area contributed by atoms with Crippen LogP contribution in [0.1, 0.15) is 45.5 Å². The van der Waals surface area contributed by atoms with Gasteiger partial charge < -0.3 is 4.74 Å². The van der Waals surface area contributed by atoms with E-state index >= 15 is 0 Å². The van der Waals surface area contributed by atoms with Gasteiger partial charge in [-0.3, -0.25) is 9.69 Å². The fraction of sp³-hybridized carbons (Fsp3) is 0.769. The summed E-state index contributed by atoms with van der Waals surface area (Å²) in [4.78, 5) is 18.1. The Morgan fingerprint density at radius 1 is 1.58 bits per heavy atom. The maximum Gasteiger partial charge on any atom is 0.320 e. The number of nitrogens with zero attached hydrogens (tertiary/aromatic N) is 4. The smallest absolute Gasteiger partial charge is 0.320 e. The summed E-state index contributed by atoms with van der Waals surface area (Å²) in [7, 11) is 0. The second-order valence-corrected chi connectivity index (χ2v) is 5.16. The van der Waals surface area contributed by atoms with Crippen LogP contribution in [0.25, 0.3) is 0 Å². The van der Waals surface area contributed by atoms with E-state index < -0.39 is 0 Å². The zero-order chi connectivity index (χ0) is 13.8. The van der Waals surface area contributed by atoms with Crippen LogP contribution in [0.5, 0.6) is 0 Å². The van der Waals surface area contributed by atoms with Gasteiger partial charge in [0.2, 0.25) is 0 Å². The highest BCUT2D eigenvalue weighted by molar-refractivity contribution is 5.71. The second-order valence-electron chi connectivity index (χ2n) is 5.16. The van der Waals surface area contributed by atoms with Crippen LogP contribution in [-0.2, 0) is 16.1 Å². The van der Waals surface area contributed by atoms with Gasteiger partial charge in [0.05, 0.1) is 19.7 Å². The third-order valence-electron chi connectivity index (χ3n) is 3.18. The molecule has 0 radical (unpaired) electrons. The van der Waals surface area contributed by atoms with Crippen LogP contribution in [-0.4, -0.2) is 44.8 Å². The van der Waals surface area contributed by atoms with Gasteiger partial charge in [-0.15, -0.1) is 0 Å². The molecule has 0 bridgehead atoms. The number of esters is 1. The SMILES string of the molecule is CCOC(=O)CN(Cc1ncnn1C(C)C)C1CC1. The molecule has 0 saturated heterocycles. The average molecular weight is 266 g/mol. The van der Waals surface area contributed by atoms with Crippen LogP contribution in [0.15, 0.2) is 6.33 Å². The van der Waals surface area contributed by atoms with Crippen molar-refractivity contribution in [3.8, 4) is 0 Å². The van der Waals surface area contributed by atoms with Gasteiger partial charge in [-0.05, 0) is 33.6 Å². The number of aromatic nitrogens is 3. The zero-order valence-electron chi connectivity index (χ0n) is 11.9. The van der Waals surface area contributed by atoms with Gasteiger partial charge in [-0.1, -0.05) is 0 Å². The summed E-state index contributed by atoms with van der Waals surface area (Å²) in [6.45, 7) is 7.40. The first-order valence-electron chi connectivity index (χ1n) is 6.89. The molecule has 1 heterocycles. The Morgan fingerprint density at radius 2 is 2.32 bits per heavy atom. The maximum absolute atomic E-state index is 11.6. The van der Waals surface area contributed by atoms with Gasteiger partial charge in [0.25, 0.3) is 0 Å². The summed E-state index contributed by atoms with van der Waals surface area (Å²) in [5.41, 5.74) is 0. The molecule has 0 aliphatic heterocycles. The molecular formula is C13H22N4O2. The molecule has 1 aromatic heterocycles. The molecule has 0 N–H and O–H groups in total. The minimum atomic E-state index is -0.162. The Hall–Kier alpha value is -1.43. The highest BCUT2D eigenvalue weighted by Crippen LogP contribution is 2.28. The molecule has 1 aromatic rings. The van der Waals surface area contributed by atoms with Crippen molar-refractivity contribution in [1.82, 2.24) is 19.7 Å². The summed E-state index contributed by atoms with van der Waals surface area (Å²) in [6.07, 6.45) is 3.87. The Balaban J connectivity index is 2.00. The molecule has 0 aromatic carbocycles. The number of carbonyl (C=O) groups is 1. The van der Waals surface area contributed by atoms with Crippen LogP contribution >= 0.6 is 0 Å². The van der Waals surface area contributed by atoms with Crippen molar-refractivity contribution in [2.24, 2.45) is 0 Å². The monoisotopic (exact) mass is 266 g/mol. The number of rotatable bonds is 7. The minimum Gasteiger partial charge on any atom is -0.465 e. The molecule has 0 amide bonds. The molecule has 0 unspecified atom stereocenters. The van der Waals surface area contributed by atoms with Gasteiger partial charge in [-0.2, -0.15) is 5.10 Å². The van der Waals surface area contributed by atoms with Crippen molar-refractivity contribution < 1.29 is 9.53 Å². The molecule has 1 fully saturated rings. The molecule has 6 nitrogen and oxygen atoms in total. The van der Waals surface area contributed by atoms with E-state index in [0.29, 0.717) is 25.7 Å². The number of hydrogen-bond donors (Lipinski definition) is 0. The zero-order valence-corrected chi connectivity index (χ0v) is 11.9. The Labute approximate surface area is 113 Å². The summed E-state index contributed by atoms with van der Waals surface area (Å²) in [6, 6.07) is 0.767. The van der Waals surface area contributed by atoms with Crippen LogP contribution in [0.2, 0.25) is 0 Å². The molecule has 1 aliphatic rings. The number of ether oxygens (including phenoxy) is 1. The predicted molar refractivity (Wildman–Crippen MR) is 70.5 cm³/mol. The summed E-state index contributed by atoms with van der Waals surface area (Å²) in [5.74, 6) is 0.746. The highest BCUT2D eigenvalue weighted by Gasteiger charge is 2.31. The summed E-state index contributed by atoms with van der Waals surface area (Å²) < 4.78 is 6.93. The maximum atomic E-state index is 11.6. The van der Waals surface area contributed by atoms with Crippen molar-refractivity contribution in [1.29, 1.82) is 0 Å². The lowest BCUT2D eigenvalue weighted by Crippen LogP contribution is -2.33. The average Bonchev–Trinajstić information content (AvgIpc) is 3.09. The normalized spacial score (nSPS) is 15.2. The minimum absolute atomic E-state index is 0.162. The van der Waals surface area contributed by atoms with E-state index in [9.17, 15) is 4.79 Å². The Bertz CT molecular complexity index is 426. The molecule has 0 spiro atoms. The van der Waals surface area contributed by atoms with Crippen molar-refractivity contribution in [2.75, 3.05) is 13.2 Å². The predicted octanol–water partition coefficient (Wildman–Crippen LogP) is 1.39. The molecule has 106 valence electrons. The fourth-order valence-electron chi connectivity index (χ4n) is 2.13. The van der Waals surface area contributed by atoms with Crippen molar-refractivity contribution in [3.05, 3.63) is 12.2 Å². The van der Waals surface area contributed by atoms with E-state index in [1.165, 1.54) is 0 Å². The first-order valence-corrected chi connectivity index (χ1v) is 6.89. The van der Waals surface area contributed by atoms with Crippen LogP contribution in [0, 0.1) is 0 Å². The molecule has 6 heteroatoms. The van der Waals surface area contributed by atoms with E-state index in [4.69, 9.17) is 4.74 Å². The first kappa shape index (κ1) is 14.0. The second kappa shape index (κ2) is 6.14. The third-order valence-corrected chi connectivity index (χ3v) is 3.18. The molecule has 2 rings (SSSR count). The standard InChI is InChI=1S/C13H22N4O2/c1-4-19-13(18)8-16(11-5-6-11)7-12-14-9-15-17(12)10(2)3/h9-11H,4-8H2,1-3H3. The number of hydrogen-bond acceptors (Lipinski definition) is 5. The van der Waals surface area contributed by atoms with Gasteiger partial charge >= 0.3 is 5.97 Å². The van der Waals surface area contributed by atoms with E-state index in [2.05, 4.69) is 28.8 Å². The van der Waals surface area contributed by atoms with E-state index in [1.807, 2.05) is 11.6 Å². The topological polar surface area (TPSA) is 60.2 Å². The van der Waals surface area contributed by atoms with E-state index in [1.54, 1.807) is 6.33 Å². The first-order chi connectivity index (χ1) is 9.11. The lowest BCUT2D eigenvalue weighted by atomic mass is 10.3. The van der Waals surface area contributed by atoms with Gasteiger partial charge in [0.15, 0.2) is 0 Å². The molecular weight excluding hydrogens is 244 g/mol. The molecule has 19 heavy (non-hydrogen) atoms. The summed E-state index contributed by atoms with van der Waals surface area (Å²) >= 11 is 0. The lowest BCUT2D eigenvalue weighted by Gasteiger charge is -2.21. The van der Waals surface area contributed by atoms with Crippen LogP contribution in [0.3, 0.4) is 0 Å². The van der Waals surface area contributed by atoms with E-state index in [0.717, 1.165) is 18.7 Å². The molecule has 1 saturated carbocycles. The lowest BCUT2D eigenvalue weighted by molar-refractivity contribution is -0.144. The molecule has 1 aliphatic carbocycles. The van der Waals surface area contributed by atoms with Gasteiger partial charge in [-0.25, -0.2) is 9.67 Å². The number of carbonyl (C=O) groups excluding carboxylic acids is 1.